The van der Waals surface area contributed by atoms with Crippen LogP contribution in [0, 0.1) is 0 Å². The zero-order valence-electron chi connectivity index (χ0n) is 12.7. The second kappa shape index (κ2) is 7.46. The van der Waals surface area contributed by atoms with Gasteiger partial charge in [-0.3, -0.25) is 0 Å². The van der Waals surface area contributed by atoms with Gasteiger partial charge in [0.2, 0.25) is 5.88 Å². The number of pyridine rings is 1. The van der Waals surface area contributed by atoms with Crippen LogP contribution in [0.4, 0.5) is 0 Å². The maximum absolute atomic E-state index is 5.50. The molecular formula is C15H26N2O2. The number of hydrogen-bond donors (Lipinski definition) is 1. The molecule has 4 nitrogen and oxygen atoms in total. The fraction of sp³-hybridized carbons (Fsp3) is 0.667. The normalized spacial score (nSPS) is 11.9. The molecule has 0 fully saturated rings. The molecule has 1 heterocycles. The lowest BCUT2D eigenvalue weighted by Gasteiger charge is -2.20. The van der Waals surface area contributed by atoms with E-state index in [1.54, 1.807) is 0 Å². The highest BCUT2D eigenvalue weighted by molar-refractivity contribution is 5.17. The number of hydrogen-bond acceptors (Lipinski definition) is 4. The third-order valence-corrected chi connectivity index (χ3v) is 2.40. The molecule has 0 saturated carbocycles. The first kappa shape index (κ1) is 15.9. The van der Waals surface area contributed by atoms with Crippen LogP contribution in [0.15, 0.2) is 18.3 Å². The number of nitrogens with one attached hydrogen (secondary N) is 1. The van der Waals surface area contributed by atoms with E-state index in [2.05, 4.69) is 31.1 Å². The summed E-state index contributed by atoms with van der Waals surface area (Å²) in [5.74, 6) is 0.645. The third-order valence-electron chi connectivity index (χ3n) is 2.40. The molecule has 1 rings (SSSR count). The summed E-state index contributed by atoms with van der Waals surface area (Å²) in [6, 6.07) is 3.93. The van der Waals surface area contributed by atoms with Crippen LogP contribution < -0.4 is 10.1 Å². The molecule has 0 bridgehead atoms. The monoisotopic (exact) mass is 266 g/mol. The molecule has 0 saturated heterocycles. The van der Waals surface area contributed by atoms with E-state index in [1.807, 2.05) is 32.2 Å². The van der Waals surface area contributed by atoms with Gasteiger partial charge in [-0.1, -0.05) is 6.07 Å². The van der Waals surface area contributed by atoms with E-state index in [1.165, 1.54) is 0 Å². The predicted molar refractivity (Wildman–Crippen MR) is 77.4 cm³/mol. The first-order valence-corrected chi connectivity index (χ1v) is 6.81. The molecular weight excluding hydrogens is 240 g/mol. The summed E-state index contributed by atoms with van der Waals surface area (Å²) in [4.78, 5) is 4.28. The van der Waals surface area contributed by atoms with Crippen molar-refractivity contribution in [3.8, 4) is 5.88 Å². The molecule has 1 aromatic rings. The molecule has 108 valence electrons. The Balaban J connectivity index is 2.31. The molecule has 0 amide bonds. The van der Waals surface area contributed by atoms with Crippen molar-refractivity contribution in [2.24, 2.45) is 0 Å². The lowest BCUT2D eigenvalue weighted by Crippen LogP contribution is -2.35. The summed E-state index contributed by atoms with van der Waals surface area (Å²) < 4.78 is 10.9. The molecule has 0 unspecified atom stereocenters. The Morgan fingerprint density at radius 2 is 1.95 bits per heavy atom. The van der Waals surface area contributed by atoms with Gasteiger partial charge in [-0.15, -0.1) is 0 Å². The van der Waals surface area contributed by atoms with Crippen molar-refractivity contribution < 1.29 is 9.47 Å². The smallest absolute Gasteiger partial charge is 0.213 e. The molecule has 1 aromatic heterocycles. The summed E-state index contributed by atoms with van der Waals surface area (Å²) in [5.41, 5.74) is 1.27. The first-order valence-electron chi connectivity index (χ1n) is 6.81. The fourth-order valence-corrected chi connectivity index (χ4v) is 1.40. The van der Waals surface area contributed by atoms with Crippen molar-refractivity contribution in [3.05, 3.63) is 23.9 Å². The number of aromatic nitrogens is 1. The van der Waals surface area contributed by atoms with Gasteiger partial charge in [0, 0.05) is 24.3 Å². The quantitative estimate of drug-likeness (QED) is 0.771. The average Bonchev–Trinajstić information content (AvgIpc) is 2.32. The Morgan fingerprint density at radius 3 is 2.47 bits per heavy atom. The van der Waals surface area contributed by atoms with Crippen LogP contribution in [0.1, 0.15) is 40.2 Å². The summed E-state index contributed by atoms with van der Waals surface area (Å²) in [7, 11) is 0. The van der Waals surface area contributed by atoms with Crippen LogP contribution >= 0.6 is 0 Å². The Hall–Kier alpha value is -1.13. The second-order valence-corrected chi connectivity index (χ2v) is 5.88. The third kappa shape index (κ3) is 7.80. The van der Waals surface area contributed by atoms with E-state index in [-0.39, 0.29) is 11.6 Å². The van der Waals surface area contributed by atoms with Crippen LogP contribution in [-0.2, 0) is 11.3 Å². The molecule has 19 heavy (non-hydrogen) atoms. The van der Waals surface area contributed by atoms with Gasteiger partial charge in [-0.25, -0.2) is 4.98 Å². The minimum Gasteiger partial charge on any atom is -0.475 e. The van der Waals surface area contributed by atoms with Gasteiger partial charge in [0.25, 0.3) is 0 Å². The molecule has 1 N–H and O–H groups in total. The molecule has 0 aliphatic heterocycles. The predicted octanol–water partition coefficient (Wildman–Crippen LogP) is 2.77. The number of rotatable bonds is 7. The van der Waals surface area contributed by atoms with Crippen LogP contribution in [0.2, 0.25) is 0 Å². The van der Waals surface area contributed by atoms with E-state index < -0.39 is 0 Å². The SMILES string of the molecule is CC(C)OCCOc1ccc(CNC(C)(C)C)cn1. The molecule has 0 aromatic carbocycles. The zero-order valence-corrected chi connectivity index (χ0v) is 12.7. The molecule has 0 spiro atoms. The molecule has 0 aliphatic carbocycles. The van der Waals surface area contributed by atoms with Crippen molar-refractivity contribution in [2.45, 2.75) is 52.8 Å². The highest BCUT2D eigenvalue weighted by Crippen LogP contribution is 2.09. The Labute approximate surface area is 116 Å². The van der Waals surface area contributed by atoms with Gasteiger partial charge < -0.3 is 14.8 Å². The lowest BCUT2D eigenvalue weighted by atomic mass is 10.1. The summed E-state index contributed by atoms with van der Waals surface area (Å²) in [6.07, 6.45) is 2.08. The average molecular weight is 266 g/mol. The lowest BCUT2D eigenvalue weighted by molar-refractivity contribution is 0.0542. The standard InChI is InChI=1S/C15H26N2O2/c1-12(2)18-8-9-19-14-7-6-13(10-16-14)11-17-15(3,4)5/h6-7,10,12,17H,8-9,11H2,1-5H3. The number of nitrogens with zero attached hydrogens (tertiary/aromatic N) is 1. The van der Waals surface area contributed by atoms with Crippen LogP contribution in [0.3, 0.4) is 0 Å². The topological polar surface area (TPSA) is 43.4 Å². The van der Waals surface area contributed by atoms with Crippen molar-refractivity contribution in [2.75, 3.05) is 13.2 Å². The molecule has 4 heteroatoms. The molecule has 0 radical (unpaired) electrons. The van der Waals surface area contributed by atoms with Gasteiger partial charge in [-0.2, -0.15) is 0 Å². The summed E-state index contributed by atoms with van der Waals surface area (Å²) in [5, 5.41) is 3.42. The van der Waals surface area contributed by atoms with E-state index in [4.69, 9.17) is 9.47 Å². The second-order valence-electron chi connectivity index (χ2n) is 5.88. The van der Waals surface area contributed by atoms with Crippen molar-refractivity contribution >= 4 is 0 Å². The van der Waals surface area contributed by atoms with Crippen LogP contribution in [0.5, 0.6) is 5.88 Å². The molecule has 0 aliphatic rings. The van der Waals surface area contributed by atoms with E-state index in [0.717, 1.165) is 12.1 Å². The summed E-state index contributed by atoms with van der Waals surface area (Å²) in [6.45, 7) is 12.4. The first-order chi connectivity index (χ1) is 8.87. The minimum atomic E-state index is 0.114. The Kier molecular flexibility index (Phi) is 6.25. The maximum Gasteiger partial charge on any atom is 0.213 e. The van der Waals surface area contributed by atoms with E-state index in [9.17, 15) is 0 Å². The fourth-order valence-electron chi connectivity index (χ4n) is 1.40. The maximum atomic E-state index is 5.50. The van der Waals surface area contributed by atoms with Gasteiger partial charge >= 0.3 is 0 Å². The minimum absolute atomic E-state index is 0.114. The largest absolute Gasteiger partial charge is 0.475 e. The van der Waals surface area contributed by atoms with Gasteiger partial charge in [0.15, 0.2) is 0 Å². The van der Waals surface area contributed by atoms with Crippen molar-refractivity contribution in [1.82, 2.24) is 10.3 Å². The van der Waals surface area contributed by atoms with Crippen molar-refractivity contribution in [3.63, 3.8) is 0 Å². The van der Waals surface area contributed by atoms with Crippen LogP contribution in [-0.4, -0.2) is 29.8 Å². The molecule has 0 atom stereocenters. The van der Waals surface area contributed by atoms with Crippen LogP contribution in [0.25, 0.3) is 0 Å². The Bertz CT molecular complexity index is 355. The van der Waals surface area contributed by atoms with E-state index in [0.29, 0.717) is 19.1 Å². The highest BCUT2D eigenvalue weighted by atomic mass is 16.5. The van der Waals surface area contributed by atoms with Gasteiger partial charge in [0.05, 0.1) is 12.7 Å². The van der Waals surface area contributed by atoms with Crippen molar-refractivity contribution in [1.29, 1.82) is 0 Å². The number of ether oxygens (including phenoxy) is 2. The zero-order chi connectivity index (χ0) is 14.3. The van der Waals surface area contributed by atoms with Gasteiger partial charge in [-0.05, 0) is 40.2 Å². The Morgan fingerprint density at radius 1 is 1.21 bits per heavy atom. The summed E-state index contributed by atoms with van der Waals surface area (Å²) >= 11 is 0. The van der Waals surface area contributed by atoms with E-state index >= 15 is 0 Å². The highest BCUT2D eigenvalue weighted by Gasteiger charge is 2.08. The van der Waals surface area contributed by atoms with Gasteiger partial charge in [0.1, 0.15) is 6.61 Å².